The van der Waals surface area contributed by atoms with Crippen molar-refractivity contribution >= 4 is 11.9 Å². The van der Waals surface area contributed by atoms with Crippen molar-refractivity contribution in [2.45, 2.75) is 12.6 Å². The molecule has 0 aliphatic carbocycles. The number of hydrogen-bond acceptors (Lipinski definition) is 4. The molecular weight excluding hydrogens is 222 g/mol. The number of hydrogen-bond donors (Lipinski definition) is 4. The monoisotopic (exact) mass is 237 g/mol. The third-order valence-electron chi connectivity index (χ3n) is 2.29. The van der Waals surface area contributed by atoms with Crippen molar-refractivity contribution in [2.24, 2.45) is 11.5 Å². The van der Waals surface area contributed by atoms with Gasteiger partial charge in [0.25, 0.3) is 5.91 Å². The molecule has 0 heterocycles. The normalized spacial score (nSPS) is 11.9. The molecule has 0 bridgehead atoms. The van der Waals surface area contributed by atoms with Crippen molar-refractivity contribution in [1.82, 2.24) is 5.32 Å². The second kappa shape index (κ2) is 5.97. The third-order valence-corrected chi connectivity index (χ3v) is 2.29. The van der Waals surface area contributed by atoms with Crippen molar-refractivity contribution < 1.29 is 14.7 Å². The van der Waals surface area contributed by atoms with Crippen LogP contribution in [0.4, 0.5) is 0 Å². The average molecular weight is 237 g/mol. The van der Waals surface area contributed by atoms with Gasteiger partial charge in [-0.15, -0.1) is 0 Å². The smallest absolute Gasteiger partial charge is 0.327 e. The van der Waals surface area contributed by atoms with Gasteiger partial charge in [0.1, 0.15) is 6.04 Å². The van der Waals surface area contributed by atoms with E-state index >= 15 is 0 Å². The number of carboxylic acid groups (broad SMARTS) is 1. The molecule has 1 aromatic rings. The van der Waals surface area contributed by atoms with Crippen molar-refractivity contribution in [3.05, 3.63) is 35.4 Å². The first-order chi connectivity index (χ1) is 8.08. The molecule has 0 spiro atoms. The Morgan fingerprint density at radius 2 is 1.82 bits per heavy atom. The Morgan fingerprint density at radius 3 is 2.24 bits per heavy atom. The first-order valence-corrected chi connectivity index (χ1v) is 5.11. The Bertz CT molecular complexity index is 403. The Labute approximate surface area is 98.6 Å². The van der Waals surface area contributed by atoms with Crippen LogP contribution in [-0.4, -0.2) is 29.6 Å². The summed E-state index contributed by atoms with van der Waals surface area (Å²) >= 11 is 0. The number of carbonyl (C=O) groups is 2. The van der Waals surface area contributed by atoms with Crippen molar-refractivity contribution in [2.75, 3.05) is 6.54 Å². The molecule has 17 heavy (non-hydrogen) atoms. The van der Waals surface area contributed by atoms with Crippen LogP contribution in [0.15, 0.2) is 24.3 Å². The van der Waals surface area contributed by atoms with Crippen LogP contribution in [-0.2, 0) is 11.3 Å². The van der Waals surface area contributed by atoms with Crippen molar-refractivity contribution in [3.8, 4) is 0 Å². The average Bonchev–Trinajstić information content (AvgIpc) is 2.35. The highest BCUT2D eigenvalue weighted by molar-refractivity contribution is 5.96. The van der Waals surface area contributed by atoms with E-state index in [9.17, 15) is 9.59 Å². The molecule has 1 amide bonds. The lowest BCUT2D eigenvalue weighted by atomic mass is 10.1. The van der Waals surface area contributed by atoms with Gasteiger partial charge in [0.15, 0.2) is 0 Å². The van der Waals surface area contributed by atoms with Gasteiger partial charge in [-0.1, -0.05) is 12.1 Å². The van der Waals surface area contributed by atoms with Gasteiger partial charge >= 0.3 is 5.97 Å². The van der Waals surface area contributed by atoms with Crippen LogP contribution in [0.2, 0.25) is 0 Å². The molecule has 6 heteroatoms. The van der Waals surface area contributed by atoms with Crippen molar-refractivity contribution in [3.63, 3.8) is 0 Å². The van der Waals surface area contributed by atoms with Crippen LogP contribution >= 0.6 is 0 Å². The van der Waals surface area contributed by atoms with Crippen LogP contribution in [0, 0.1) is 0 Å². The summed E-state index contributed by atoms with van der Waals surface area (Å²) in [7, 11) is 0. The van der Waals surface area contributed by atoms with Gasteiger partial charge in [0, 0.05) is 18.7 Å². The molecule has 1 atom stereocenters. The highest BCUT2D eigenvalue weighted by Crippen LogP contribution is 2.04. The second-order valence-corrected chi connectivity index (χ2v) is 3.50. The molecule has 0 unspecified atom stereocenters. The van der Waals surface area contributed by atoms with E-state index in [1.165, 1.54) is 0 Å². The molecule has 0 aliphatic rings. The molecule has 0 saturated heterocycles. The fourth-order valence-electron chi connectivity index (χ4n) is 1.26. The summed E-state index contributed by atoms with van der Waals surface area (Å²) in [6, 6.07) is 5.54. The minimum atomic E-state index is -1.15. The summed E-state index contributed by atoms with van der Waals surface area (Å²) < 4.78 is 0. The summed E-state index contributed by atoms with van der Waals surface area (Å²) in [5, 5.41) is 11.1. The summed E-state index contributed by atoms with van der Waals surface area (Å²) in [6.45, 7) is 0.240. The fourth-order valence-corrected chi connectivity index (χ4v) is 1.26. The Hall–Kier alpha value is -1.92. The highest BCUT2D eigenvalue weighted by atomic mass is 16.4. The first kappa shape index (κ1) is 13.1. The lowest BCUT2D eigenvalue weighted by Crippen LogP contribution is -2.45. The first-order valence-electron chi connectivity index (χ1n) is 5.11. The highest BCUT2D eigenvalue weighted by Gasteiger charge is 2.18. The fraction of sp³-hybridized carbons (Fsp3) is 0.273. The van der Waals surface area contributed by atoms with Crippen LogP contribution in [0.5, 0.6) is 0 Å². The molecule has 0 radical (unpaired) electrons. The molecule has 6 N–H and O–H groups in total. The van der Waals surface area contributed by atoms with E-state index < -0.39 is 17.9 Å². The summed E-state index contributed by atoms with van der Waals surface area (Å²) in [4.78, 5) is 22.3. The second-order valence-electron chi connectivity index (χ2n) is 3.50. The lowest BCUT2D eigenvalue weighted by Gasteiger charge is -2.12. The molecule has 0 saturated carbocycles. The summed E-state index contributed by atoms with van der Waals surface area (Å²) in [6.07, 6.45) is 0. The molecule has 0 aliphatic heterocycles. The number of carbonyl (C=O) groups excluding carboxylic acids is 1. The van der Waals surface area contributed by atoms with E-state index in [0.717, 1.165) is 5.56 Å². The third kappa shape index (κ3) is 3.54. The molecule has 0 fully saturated rings. The number of rotatable bonds is 5. The predicted octanol–water partition coefficient (Wildman–Crippen LogP) is -0.713. The largest absolute Gasteiger partial charge is 0.480 e. The zero-order valence-electron chi connectivity index (χ0n) is 9.22. The van der Waals surface area contributed by atoms with Gasteiger partial charge in [-0.2, -0.15) is 0 Å². The molecule has 0 aromatic heterocycles. The van der Waals surface area contributed by atoms with Gasteiger partial charge in [0.2, 0.25) is 0 Å². The number of nitrogens with two attached hydrogens (primary N) is 2. The van der Waals surface area contributed by atoms with Crippen LogP contribution in [0.25, 0.3) is 0 Å². The van der Waals surface area contributed by atoms with E-state index in [1.54, 1.807) is 24.3 Å². The Kier molecular flexibility index (Phi) is 4.62. The molecule has 6 nitrogen and oxygen atoms in total. The number of amides is 1. The van der Waals surface area contributed by atoms with Crippen LogP contribution in [0.1, 0.15) is 15.9 Å². The molecule has 1 aromatic carbocycles. The minimum absolute atomic E-state index is 0.151. The van der Waals surface area contributed by atoms with E-state index in [0.29, 0.717) is 12.1 Å². The lowest BCUT2D eigenvalue weighted by molar-refractivity contribution is -0.138. The summed E-state index contributed by atoms with van der Waals surface area (Å²) in [5.74, 6) is -1.62. The minimum Gasteiger partial charge on any atom is -0.480 e. The summed E-state index contributed by atoms with van der Waals surface area (Å²) in [5.41, 5.74) is 11.9. The van der Waals surface area contributed by atoms with Crippen LogP contribution in [0.3, 0.4) is 0 Å². The van der Waals surface area contributed by atoms with E-state index in [4.69, 9.17) is 16.6 Å². The van der Waals surface area contributed by atoms with Gasteiger partial charge in [-0.3, -0.25) is 4.79 Å². The van der Waals surface area contributed by atoms with Gasteiger partial charge in [-0.25, -0.2) is 4.79 Å². The standard InChI is InChI=1S/C11H15N3O3/c12-5-7-1-3-8(4-2-7)10(15)14-9(6-13)11(16)17/h1-4,9H,5-6,12-13H2,(H,14,15)(H,16,17)/t9-/m0/s1. The Morgan fingerprint density at radius 1 is 1.24 bits per heavy atom. The number of carboxylic acids is 1. The molecular formula is C11H15N3O3. The Balaban J connectivity index is 2.72. The van der Waals surface area contributed by atoms with E-state index in [2.05, 4.69) is 5.32 Å². The van der Waals surface area contributed by atoms with Gasteiger partial charge < -0.3 is 21.9 Å². The number of aliphatic carboxylic acids is 1. The maximum Gasteiger partial charge on any atom is 0.327 e. The molecule has 92 valence electrons. The van der Waals surface area contributed by atoms with Crippen molar-refractivity contribution in [1.29, 1.82) is 0 Å². The van der Waals surface area contributed by atoms with Crippen LogP contribution < -0.4 is 16.8 Å². The SMILES string of the molecule is NCc1ccc(C(=O)N[C@@H](CN)C(=O)O)cc1. The quantitative estimate of drug-likeness (QED) is 0.539. The maximum absolute atomic E-state index is 11.7. The topological polar surface area (TPSA) is 118 Å². The number of benzene rings is 1. The van der Waals surface area contributed by atoms with Gasteiger partial charge in [-0.05, 0) is 17.7 Å². The molecule has 1 rings (SSSR count). The zero-order valence-corrected chi connectivity index (χ0v) is 9.22. The zero-order chi connectivity index (χ0) is 12.8. The van der Waals surface area contributed by atoms with Gasteiger partial charge in [0.05, 0.1) is 0 Å². The maximum atomic E-state index is 11.7. The van der Waals surface area contributed by atoms with E-state index in [1.807, 2.05) is 0 Å². The predicted molar refractivity (Wildman–Crippen MR) is 62.3 cm³/mol. The van der Waals surface area contributed by atoms with E-state index in [-0.39, 0.29) is 6.54 Å². The number of nitrogens with one attached hydrogen (secondary N) is 1.